The number of benzene rings is 2. The van der Waals surface area contributed by atoms with Gasteiger partial charge >= 0.3 is 0 Å². The van der Waals surface area contributed by atoms with Crippen LogP contribution >= 0.6 is 0 Å². The second-order valence-electron chi connectivity index (χ2n) is 8.02. The third kappa shape index (κ3) is 4.05. The van der Waals surface area contributed by atoms with E-state index in [2.05, 4.69) is 22.0 Å². The minimum absolute atomic E-state index is 0.00794. The fraction of sp³-hybridized carbons (Fsp3) is 0.375. The van der Waals surface area contributed by atoms with E-state index in [-0.39, 0.29) is 17.7 Å². The predicted molar refractivity (Wildman–Crippen MR) is 114 cm³/mol. The van der Waals surface area contributed by atoms with Gasteiger partial charge in [0.1, 0.15) is 13.2 Å². The molecular weight excluding hydrogens is 394 g/mol. The molecule has 160 valence electrons. The van der Waals surface area contributed by atoms with Gasteiger partial charge in [0.05, 0.1) is 6.04 Å². The van der Waals surface area contributed by atoms with Crippen LogP contribution in [0.25, 0.3) is 11.5 Å². The van der Waals surface area contributed by atoms with Crippen molar-refractivity contribution in [3.8, 4) is 23.0 Å². The van der Waals surface area contributed by atoms with Crippen LogP contribution in [0.15, 0.2) is 52.9 Å². The molecule has 5 rings (SSSR count). The molecule has 1 aromatic heterocycles. The van der Waals surface area contributed by atoms with Crippen LogP contribution in [0.2, 0.25) is 0 Å². The second kappa shape index (κ2) is 8.51. The van der Waals surface area contributed by atoms with Crippen LogP contribution in [0, 0.1) is 5.92 Å². The lowest BCUT2D eigenvalue weighted by Crippen LogP contribution is -2.38. The Bertz CT molecular complexity index is 1060. The number of carbonyl (C=O) groups is 1. The number of hydrogen-bond acceptors (Lipinski definition) is 7. The molecule has 2 aliphatic heterocycles. The van der Waals surface area contributed by atoms with Gasteiger partial charge in [-0.15, -0.1) is 10.2 Å². The average molecular weight is 419 g/mol. The zero-order chi connectivity index (χ0) is 21.2. The van der Waals surface area contributed by atoms with Gasteiger partial charge in [-0.1, -0.05) is 18.2 Å². The van der Waals surface area contributed by atoms with Gasteiger partial charge in [0.25, 0.3) is 0 Å². The van der Waals surface area contributed by atoms with E-state index < -0.39 is 0 Å². The van der Waals surface area contributed by atoms with Gasteiger partial charge in [-0.05, 0) is 63.2 Å². The quantitative estimate of drug-likeness (QED) is 0.575. The number of piperidine rings is 1. The summed E-state index contributed by atoms with van der Waals surface area (Å²) >= 11 is 0. The number of carbonyl (C=O) groups excluding carboxylic acids is 1. The van der Waals surface area contributed by atoms with E-state index in [9.17, 15) is 4.79 Å². The summed E-state index contributed by atoms with van der Waals surface area (Å²) in [5.74, 6) is 2.69. The molecule has 0 saturated carbocycles. The van der Waals surface area contributed by atoms with Crippen molar-refractivity contribution < 1.29 is 18.7 Å². The van der Waals surface area contributed by atoms with Crippen molar-refractivity contribution in [1.29, 1.82) is 0 Å². The first-order chi connectivity index (χ1) is 15.2. The summed E-state index contributed by atoms with van der Waals surface area (Å²) in [6.07, 6.45) is 1.61. The molecule has 2 aromatic carbocycles. The van der Waals surface area contributed by atoms with Crippen LogP contribution in [0.3, 0.4) is 0 Å². The number of nitrogens with zero attached hydrogens (tertiary/aromatic N) is 3. The molecule has 7 nitrogen and oxygen atoms in total. The summed E-state index contributed by atoms with van der Waals surface area (Å²) in [5, 5.41) is 8.46. The molecule has 1 atom stereocenters. The van der Waals surface area contributed by atoms with Crippen LogP contribution in [-0.2, 0) is 0 Å². The Kier molecular flexibility index (Phi) is 5.42. The third-order valence-corrected chi connectivity index (χ3v) is 6.09. The lowest BCUT2D eigenvalue weighted by atomic mass is 9.88. The Morgan fingerprint density at radius 2 is 1.74 bits per heavy atom. The van der Waals surface area contributed by atoms with E-state index in [4.69, 9.17) is 13.9 Å². The number of rotatable bonds is 5. The first kappa shape index (κ1) is 19.8. The molecule has 0 spiro atoms. The maximum atomic E-state index is 13.0. The van der Waals surface area contributed by atoms with Gasteiger partial charge in [-0.25, -0.2) is 0 Å². The number of Topliss-reactive ketones (excluding diaryl/α,β-unsaturated/α-hetero) is 1. The molecule has 1 saturated heterocycles. The Hall–Kier alpha value is -3.19. The Morgan fingerprint density at radius 3 is 2.52 bits per heavy atom. The first-order valence-electron chi connectivity index (χ1n) is 10.8. The van der Waals surface area contributed by atoms with E-state index in [0.717, 1.165) is 31.5 Å². The van der Waals surface area contributed by atoms with Crippen molar-refractivity contribution in [2.75, 3.05) is 26.3 Å². The van der Waals surface area contributed by atoms with Gasteiger partial charge in [-0.2, -0.15) is 0 Å². The van der Waals surface area contributed by atoms with Gasteiger partial charge in [0.15, 0.2) is 17.3 Å². The normalized spacial score (nSPS) is 18.0. The van der Waals surface area contributed by atoms with Gasteiger partial charge in [0, 0.05) is 17.0 Å². The van der Waals surface area contributed by atoms with Gasteiger partial charge < -0.3 is 13.9 Å². The van der Waals surface area contributed by atoms with Gasteiger partial charge in [-0.3, -0.25) is 9.69 Å². The summed E-state index contributed by atoms with van der Waals surface area (Å²) < 4.78 is 17.1. The lowest BCUT2D eigenvalue weighted by Gasteiger charge is -2.34. The fourth-order valence-electron chi connectivity index (χ4n) is 4.24. The van der Waals surface area contributed by atoms with Crippen molar-refractivity contribution in [2.24, 2.45) is 5.92 Å². The molecule has 1 fully saturated rings. The molecule has 0 amide bonds. The molecule has 0 aliphatic carbocycles. The molecule has 2 aliphatic rings. The topological polar surface area (TPSA) is 77.7 Å². The number of fused-ring (bicyclic) bond motifs is 1. The van der Waals surface area contributed by atoms with E-state index >= 15 is 0 Å². The molecule has 0 N–H and O–H groups in total. The van der Waals surface area contributed by atoms with E-state index in [1.165, 1.54) is 0 Å². The smallest absolute Gasteiger partial charge is 0.247 e. The highest BCUT2D eigenvalue weighted by molar-refractivity contribution is 5.98. The van der Waals surface area contributed by atoms with Crippen LogP contribution in [-0.4, -0.2) is 47.2 Å². The number of likely N-dealkylation sites (tertiary alicyclic amines) is 1. The molecular formula is C24H25N3O4. The maximum Gasteiger partial charge on any atom is 0.247 e. The minimum atomic E-state index is 0.00794. The lowest BCUT2D eigenvalue weighted by molar-refractivity contribution is 0.0781. The van der Waals surface area contributed by atoms with Crippen LogP contribution in [0.1, 0.15) is 42.1 Å². The fourth-order valence-corrected chi connectivity index (χ4v) is 4.24. The molecule has 0 radical (unpaired) electrons. The highest BCUT2D eigenvalue weighted by Crippen LogP contribution is 2.33. The molecule has 3 aromatic rings. The summed E-state index contributed by atoms with van der Waals surface area (Å²) in [6, 6.07) is 15.3. The van der Waals surface area contributed by atoms with Crippen LogP contribution < -0.4 is 9.47 Å². The van der Waals surface area contributed by atoms with E-state index in [0.29, 0.717) is 42.1 Å². The predicted octanol–water partition coefficient (Wildman–Crippen LogP) is 4.16. The Morgan fingerprint density at radius 1 is 1.00 bits per heavy atom. The number of hydrogen-bond donors (Lipinski definition) is 0. The Balaban J connectivity index is 1.21. The summed E-state index contributed by atoms with van der Waals surface area (Å²) in [5.41, 5.74) is 1.61. The summed E-state index contributed by atoms with van der Waals surface area (Å²) in [6.45, 7) is 4.76. The third-order valence-electron chi connectivity index (χ3n) is 6.09. The zero-order valence-corrected chi connectivity index (χ0v) is 17.5. The van der Waals surface area contributed by atoms with Crippen molar-refractivity contribution in [3.05, 3.63) is 60.0 Å². The largest absolute Gasteiger partial charge is 0.486 e. The van der Waals surface area contributed by atoms with E-state index in [1.54, 1.807) is 0 Å². The molecule has 1 unspecified atom stereocenters. The standard InChI is InChI=1S/C24H25N3O4/c1-16(23-25-26-24(31-23)18-5-3-2-4-6-18)27-11-9-17(10-12-27)22(28)19-7-8-20-21(15-19)30-14-13-29-20/h2-8,15-17H,9-14H2,1H3. The van der Waals surface area contributed by atoms with Crippen LogP contribution in [0.5, 0.6) is 11.5 Å². The number of ketones is 1. The number of ether oxygens (including phenoxy) is 2. The monoisotopic (exact) mass is 419 g/mol. The minimum Gasteiger partial charge on any atom is -0.486 e. The first-order valence-corrected chi connectivity index (χ1v) is 10.8. The van der Waals surface area contributed by atoms with Crippen molar-refractivity contribution in [1.82, 2.24) is 15.1 Å². The van der Waals surface area contributed by atoms with Crippen LogP contribution in [0.4, 0.5) is 0 Å². The SMILES string of the molecule is CC(c1nnc(-c2ccccc2)o1)N1CCC(C(=O)c2ccc3c(c2)OCCO3)CC1. The van der Waals surface area contributed by atoms with Gasteiger partial charge in [0.2, 0.25) is 11.8 Å². The Labute approximate surface area is 181 Å². The van der Waals surface area contributed by atoms with Crippen molar-refractivity contribution >= 4 is 5.78 Å². The van der Waals surface area contributed by atoms with E-state index in [1.807, 2.05) is 48.5 Å². The van der Waals surface area contributed by atoms with Crippen molar-refractivity contribution in [2.45, 2.75) is 25.8 Å². The summed E-state index contributed by atoms with van der Waals surface area (Å²) in [7, 11) is 0. The number of aromatic nitrogens is 2. The summed E-state index contributed by atoms with van der Waals surface area (Å²) in [4.78, 5) is 15.3. The molecule has 31 heavy (non-hydrogen) atoms. The zero-order valence-electron chi connectivity index (χ0n) is 17.5. The average Bonchev–Trinajstić information content (AvgIpc) is 3.34. The molecule has 7 heteroatoms. The second-order valence-corrected chi connectivity index (χ2v) is 8.02. The maximum absolute atomic E-state index is 13.0. The highest BCUT2D eigenvalue weighted by Gasteiger charge is 2.30. The molecule has 3 heterocycles. The highest BCUT2D eigenvalue weighted by atomic mass is 16.6. The molecule has 0 bridgehead atoms. The van der Waals surface area contributed by atoms with Crippen molar-refractivity contribution in [3.63, 3.8) is 0 Å².